The highest BCUT2D eigenvalue weighted by molar-refractivity contribution is 4.89. The SMILES string of the molecule is CCCC1CCN(CC2(CNCC)CCCCCC2)C1. The number of hydrogen-bond acceptors (Lipinski definition) is 2. The fourth-order valence-electron chi connectivity index (χ4n) is 4.43. The summed E-state index contributed by atoms with van der Waals surface area (Å²) in [5.41, 5.74) is 0.577. The van der Waals surface area contributed by atoms with Crippen molar-refractivity contribution in [3.05, 3.63) is 0 Å². The van der Waals surface area contributed by atoms with E-state index in [9.17, 15) is 0 Å². The zero-order valence-electron chi connectivity index (χ0n) is 13.9. The van der Waals surface area contributed by atoms with Crippen molar-refractivity contribution in [3.8, 4) is 0 Å². The summed E-state index contributed by atoms with van der Waals surface area (Å²) in [5, 5.41) is 3.67. The largest absolute Gasteiger partial charge is 0.316 e. The van der Waals surface area contributed by atoms with Crippen molar-refractivity contribution >= 4 is 0 Å². The summed E-state index contributed by atoms with van der Waals surface area (Å²) in [6, 6.07) is 0. The standard InChI is InChI=1S/C18H36N2/c1-3-9-17-10-13-20(14-17)16-18(15-19-4-2)11-7-5-6-8-12-18/h17,19H,3-16H2,1-2H3. The van der Waals surface area contributed by atoms with Crippen LogP contribution in [0.2, 0.25) is 0 Å². The molecule has 0 aromatic carbocycles. The van der Waals surface area contributed by atoms with Gasteiger partial charge >= 0.3 is 0 Å². The van der Waals surface area contributed by atoms with Gasteiger partial charge in [-0.25, -0.2) is 0 Å². The van der Waals surface area contributed by atoms with Gasteiger partial charge in [0, 0.05) is 19.6 Å². The van der Waals surface area contributed by atoms with Gasteiger partial charge in [0.15, 0.2) is 0 Å². The van der Waals surface area contributed by atoms with Gasteiger partial charge in [0.25, 0.3) is 0 Å². The van der Waals surface area contributed by atoms with Crippen LogP contribution in [0.1, 0.15) is 71.6 Å². The van der Waals surface area contributed by atoms with Gasteiger partial charge in [0.1, 0.15) is 0 Å². The maximum atomic E-state index is 3.67. The average Bonchev–Trinajstić information content (AvgIpc) is 2.74. The number of hydrogen-bond donors (Lipinski definition) is 1. The smallest absolute Gasteiger partial charge is 0.00503 e. The summed E-state index contributed by atoms with van der Waals surface area (Å²) in [5.74, 6) is 0.988. The van der Waals surface area contributed by atoms with E-state index in [2.05, 4.69) is 24.1 Å². The van der Waals surface area contributed by atoms with Crippen LogP contribution >= 0.6 is 0 Å². The molecular weight excluding hydrogens is 244 g/mol. The van der Waals surface area contributed by atoms with Crippen LogP contribution in [-0.4, -0.2) is 37.6 Å². The van der Waals surface area contributed by atoms with Gasteiger partial charge in [0.05, 0.1) is 0 Å². The Labute approximate surface area is 126 Å². The van der Waals surface area contributed by atoms with Crippen molar-refractivity contribution in [2.24, 2.45) is 11.3 Å². The van der Waals surface area contributed by atoms with Crippen LogP contribution in [0.5, 0.6) is 0 Å². The molecule has 1 saturated carbocycles. The second-order valence-corrected chi connectivity index (χ2v) is 7.37. The molecule has 0 amide bonds. The predicted octanol–water partition coefficient (Wildman–Crippen LogP) is 4.06. The summed E-state index contributed by atoms with van der Waals surface area (Å²) in [6.07, 6.45) is 13.0. The molecule has 0 radical (unpaired) electrons. The highest BCUT2D eigenvalue weighted by Gasteiger charge is 2.34. The molecule has 2 fully saturated rings. The number of nitrogens with zero attached hydrogens (tertiary/aromatic N) is 1. The Morgan fingerprint density at radius 3 is 2.50 bits per heavy atom. The van der Waals surface area contributed by atoms with E-state index in [4.69, 9.17) is 0 Å². The molecule has 0 bridgehead atoms. The second-order valence-electron chi connectivity index (χ2n) is 7.37. The molecule has 1 aliphatic heterocycles. The first-order chi connectivity index (χ1) is 9.78. The lowest BCUT2D eigenvalue weighted by molar-refractivity contribution is 0.142. The molecule has 118 valence electrons. The third kappa shape index (κ3) is 4.73. The topological polar surface area (TPSA) is 15.3 Å². The second kappa shape index (κ2) is 8.38. The quantitative estimate of drug-likeness (QED) is 0.708. The first-order valence-corrected chi connectivity index (χ1v) is 9.21. The molecule has 1 aliphatic carbocycles. The highest BCUT2D eigenvalue weighted by atomic mass is 15.2. The van der Waals surface area contributed by atoms with E-state index in [1.54, 1.807) is 0 Å². The zero-order chi connectivity index (χ0) is 14.3. The van der Waals surface area contributed by atoms with E-state index in [0.29, 0.717) is 5.41 Å². The van der Waals surface area contributed by atoms with Crippen LogP contribution in [0.15, 0.2) is 0 Å². The van der Waals surface area contributed by atoms with E-state index in [-0.39, 0.29) is 0 Å². The van der Waals surface area contributed by atoms with Gasteiger partial charge in [-0.1, -0.05) is 46.0 Å². The van der Waals surface area contributed by atoms with Crippen molar-refractivity contribution < 1.29 is 0 Å². The molecule has 2 heteroatoms. The lowest BCUT2D eigenvalue weighted by Gasteiger charge is -2.37. The van der Waals surface area contributed by atoms with Crippen LogP contribution in [0.3, 0.4) is 0 Å². The summed E-state index contributed by atoms with van der Waals surface area (Å²) < 4.78 is 0. The summed E-state index contributed by atoms with van der Waals surface area (Å²) in [7, 11) is 0. The van der Waals surface area contributed by atoms with Crippen LogP contribution in [0.25, 0.3) is 0 Å². The molecule has 2 aliphatic rings. The molecule has 1 unspecified atom stereocenters. The maximum Gasteiger partial charge on any atom is 0.00503 e. The molecule has 2 rings (SSSR count). The van der Waals surface area contributed by atoms with Crippen LogP contribution in [0, 0.1) is 11.3 Å². The molecule has 0 spiro atoms. The van der Waals surface area contributed by atoms with Crippen molar-refractivity contribution in [3.63, 3.8) is 0 Å². The minimum absolute atomic E-state index is 0.577. The number of likely N-dealkylation sites (tertiary alicyclic amines) is 1. The fourth-order valence-corrected chi connectivity index (χ4v) is 4.43. The van der Waals surface area contributed by atoms with E-state index in [1.165, 1.54) is 84.0 Å². The van der Waals surface area contributed by atoms with Crippen LogP contribution in [0.4, 0.5) is 0 Å². The molecule has 20 heavy (non-hydrogen) atoms. The Morgan fingerprint density at radius 1 is 1.10 bits per heavy atom. The molecule has 1 atom stereocenters. The molecule has 1 saturated heterocycles. The van der Waals surface area contributed by atoms with E-state index < -0.39 is 0 Å². The third-order valence-electron chi connectivity index (χ3n) is 5.54. The van der Waals surface area contributed by atoms with Gasteiger partial charge < -0.3 is 10.2 Å². The minimum atomic E-state index is 0.577. The molecule has 1 heterocycles. The Kier molecular flexibility index (Phi) is 6.83. The zero-order valence-corrected chi connectivity index (χ0v) is 13.9. The molecule has 0 aromatic rings. The number of rotatable bonds is 7. The molecule has 1 N–H and O–H groups in total. The lowest BCUT2D eigenvalue weighted by atomic mass is 9.79. The van der Waals surface area contributed by atoms with Crippen molar-refractivity contribution in [1.29, 1.82) is 0 Å². The Bertz CT molecular complexity index is 256. The van der Waals surface area contributed by atoms with E-state index in [0.717, 1.165) is 12.5 Å². The summed E-state index contributed by atoms with van der Waals surface area (Å²) >= 11 is 0. The minimum Gasteiger partial charge on any atom is -0.316 e. The van der Waals surface area contributed by atoms with Gasteiger partial charge in [-0.2, -0.15) is 0 Å². The van der Waals surface area contributed by atoms with Crippen molar-refractivity contribution in [1.82, 2.24) is 10.2 Å². The summed E-state index contributed by atoms with van der Waals surface area (Å²) in [4.78, 5) is 2.79. The maximum absolute atomic E-state index is 3.67. The average molecular weight is 280 g/mol. The monoisotopic (exact) mass is 280 g/mol. The van der Waals surface area contributed by atoms with Crippen LogP contribution < -0.4 is 5.32 Å². The Balaban J connectivity index is 1.89. The van der Waals surface area contributed by atoms with Crippen molar-refractivity contribution in [2.45, 2.75) is 71.6 Å². The molecular formula is C18H36N2. The summed E-state index contributed by atoms with van der Waals surface area (Å²) in [6.45, 7) is 11.1. The fraction of sp³-hybridized carbons (Fsp3) is 1.00. The van der Waals surface area contributed by atoms with Crippen LogP contribution in [-0.2, 0) is 0 Å². The molecule has 0 aromatic heterocycles. The van der Waals surface area contributed by atoms with Gasteiger partial charge in [0.2, 0.25) is 0 Å². The van der Waals surface area contributed by atoms with Gasteiger partial charge in [-0.15, -0.1) is 0 Å². The first kappa shape index (κ1) is 16.3. The van der Waals surface area contributed by atoms with E-state index >= 15 is 0 Å². The van der Waals surface area contributed by atoms with E-state index in [1.807, 2.05) is 0 Å². The predicted molar refractivity (Wildman–Crippen MR) is 88.1 cm³/mol. The Morgan fingerprint density at radius 2 is 1.85 bits per heavy atom. The van der Waals surface area contributed by atoms with Gasteiger partial charge in [-0.05, 0) is 50.1 Å². The first-order valence-electron chi connectivity index (χ1n) is 9.21. The lowest BCUT2D eigenvalue weighted by Crippen LogP contribution is -2.43. The number of nitrogens with one attached hydrogen (secondary N) is 1. The molecule has 2 nitrogen and oxygen atoms in total. The van der Waals surface area contributed by atoms with Crippen molar-refractivity contribution in [2.75, 3.05) is 32.7 Å². The van der Waals surface area contributed by atoms with Gasteiger partial charge in [-0.3, -0.25) is 0 Å². The highest BCUT2D eigenvalue weighted by Crippen LogP contribution is 2.37. The Hall–Kier alpha value is -0.0800. The normalized spacial score (nSPS) is 27.6. The third-order valence-corrected chi connectivity index (χ3v) is 5.54.